The maximum absolute atomic E-state index is 12.2. The maximum Gasteiger partial charge on any atom is 0.170 e. The van der Waals surface area contributed by atoms with E-state index in [-0.39, 0.29) is 11.9 Å². The van der Waals surface area contributed by atoms with Gasteiger partial charge in [-0.05, 0) is 25.1 Å². The molecule has 0 saturated heterocycles. The fraction of sp³-hybridized carbons (Fsp3) is 0.286. The van der Waals surface area contributed by atoms with E-state index in [1.165, 1.54) is 0 Å². The summed E-state index contributed by atoms with van der Waals surface area (Å²) in [6, 6.07) is 5.13. The van der Waals surface area contributed by atoms with Crippen molar-refractivity contribution >= 4 is 17.4 Å². The standard InChI is InChI=1S/C14H13ClN2O2/c1-8-11(7-16-17(8)2)14-6-12(18)10-5-9(15)3-4-13(10)19-14/h3-5,7,14H,6H2,1-2H3. The molecule has 0 radical (unpaired) electrons. The third-order valence-corrected chi connectivity index (χ3v) is 3.74. The average Bonchev–Trinajstić information content (AvgIpc) is 2.71. The number of nitrogens with zero attached hydrogens (tertiary/aromatic N) is 2. The first-order valence-corrected chi connectivity index (χ1v) is 6.42. The molecular weight excluding hydrogens is 264 g/mol. The maximum atomic E-state index is 12.2. The number of carbonyl (C=O) groups excluding carboxylic acids is 1. The molecule has 19 heavy (non-hydrogen) atoms. The minimum absolute atomic E-state index is 0.0528. The van der Waals surface area contributed by atoms with Crippen LogP contribution in [0.1, 0.15) is 34.1 Å². The van der Waals surface area contributed by atoms with Gasteiger partial charge in [0.25, 0.3) is 0 Å². The number of hydrogen-bond donors (Lipinski definition) is 0. The van der Waals surface area contributed by atoms with E-state index in [0.29, 0.717) is 22.8 Å². The molecule has 2 heterocycles. The third kappa shape index (κ3) is 2.02. The van der Waals surface area contributed by atoms with Crippen LogP contribution in [-0.4, -0.2) is 15.6 Å². The number of ketones is 1. The van der Waals surface area contributed by atoms with E-state index in [9.17, 15) is 4.79 Å². The molecular formula is C14H13ClN2O2. The van der Waals surface area contributed by atoms with Crippen LogP contribution in [0.3, 0.4) is 0 Å². The number of aromatic nitrogens is 2. The van der Waals surface area contributed by atoms with Crippen LogP contribution in [0.5, 0.6) is 5.75 Å². The number of hydrogen-bond acceptors (Lipinski definition) is 3. The largest absolute Gasteiger partial charge is 0.484 e. The van der Waals surface area contributed by atoms with Gasteiger partial charge in [0.2, 0.25) is 0 Å². The van der Waals surface area contributed by atoms with Crippen LogP contribution in [0, 0.1) is 6.92 Å². The Morgan fingerprint density at radius 2 is 2.26 bits per heavy atom. The lowest BCUT2D eigenvalue weighted by Gasteiger charge is -2.25. The van der Waals surface area contributed by atoms with Crippen LogP contribution in [0.2, 0.25) is 5.02 Å². The quantitative estimate of drug-likeness (QED) is 0.804. The topological polar surface area (TPSA) is 44.1 Å². The van der Waals surface area contributed by atoms with E-state index in [0.717, 1.165) is 11.3 Å². The van der Waals surface area contributed by atoms with Gasteiger partial charge in [-0.2, -0.15) is 5.10 Å². The number of aryl methyl sites for hydroxylation is 1. The Morgan fingerprint density at radius 1 is 1.47 bits per heavy atom. The molecule has 0 bridgehead atoms. The second-order valence-corrected chi connectivity index (χ2v) is 5.12. The van der Waals surface area contributed by atoms with Gasteiger partial charge in [0.1, 0.15) is 11.9 Å². The van der Waals surface area contributed by atoms with Crippen molar-refractivity contribution in [1.29, 1.82) is 0 Å². The molecule has 1 aromatic heterocycles. The monoisotopic (exact) mass is 276 g/mol. The van der Waals surface area contributed by atoms with Crippen molar-refractivity contribution in [3.63, 3.8) is 0 Å². The lowest BCUT2D eigenvalue weighted by Crippen LogP contribution is -2.20. The fourth-order valence-electron chi connectivity index (χ4n) is 2.30. The lowest BCUT2D eigenvalue weighted by atomic mass is 9.97. The van der Waals surface area contributed by atoms with E-state index < -0.39 is 0 Å². The molecule has 1 atom stereocenters. The summed E-state index contributed by atoms with van der Waals surface area (Å²) in [7, 11) is 1.87. The molecule has 0 saturated carbocycles. The Morgan fingerprint density at radius 3 is 2.95 bits per heavy atom. The summed E-state index contributed by atoms with van der Waals surface area (Å²) in [4.78, 5) is 12.2. The SMILES string of the molecule is Cc1c(C2CC(=O)c3cc(Cl)ccc3O2)cnn1C. The summed E-state index contributed by atoms with van der Waals surface area (Å²) < 4.78 is 7.68. The molecule has 0 aliphatic carbocycles. The Kier molecular flexibility index (Phi) is 2.82. The molecule has 1 aromatic carbocycles. The molecule has 0 spiro atoms. The van der Waals surface area contributed by atoms with Crippen LogP contribution in [0.25, 0.3) is 0 Å². The predicted molar refractivity (Wildman–Crippen MR) is 71.7 cm³/mol. The number of benzene rings is 1. The number of fused-ring (bicyclic) bond motifs is 1. The van der Waals surface area contributed by atoms with E-state index in [2.05, 4.69) is 5.10 Å². The first-order chi connectivity index (χ1) is 9.06. The van der Waals surface area contributed by atoms with Gasteiger partial charge < -0.3 is 4.74 Å². The van der Waals surface area contributed by atoms with Crippen molar-refractivity contribution in [3.05, 3.63) is 46.2 Å². The Hall–Kier alpha value is -1.81. The highest BCUT2D eigenvalue weighted by Gasteiger charge is 2.29. The van der Waals surface area contributed by atoms with Crippen LogP contribution >= 0.6 is 11.6 Å². The Bertz CT molecular complexity index is 663. The fourth-order valence-corrected chi connectivity index (χ4v) is 2.47. The molecule has 3 rings (SSSR count). The second kappa shape index (κ2) is 4.38. The van der Waals surface area contributed by atoms with Gasteiger partial charge in [0.15, 0.2) is 5.78 Å². The molecule has 0 amide bonds. The zero-order chi connectivity index (χ0) is 13.6. The van der Waals surface area contributed by atoms with Crippen molar-refractivity contribution < 1.29 is 9.53 Å². The molecule has 4 nitrogen and oxygen atoms in total. The van der Waals surface area contributed by atoms with Crippen molar-refractivity contribution in [2.75, 3.05) is 0 Å². The number of halogens is 1. The molecule has 2 aromatic rings. The summed E-state index contributed by atoms with van der Waals surface area (Å²) in [5.74, 6) is 0.644. The number of Topliss-reactive ketones (excluding diaryl/α,β-unsaturated/α-hetero) is 1. The van der Waals surface area contributed by atoms with Crippen LogP contribution in [0.4, 0.5) is 0 Å². The second-order valence-electron chi connectivity index (χ2n) is 4.68. The highest BCUT2D eigenvalue weighted by Crippen LogP contribution is 2.36. The van der Waals surface area contributed by atoms with Gasteiger partial charge in [-0.1, -0.05) is 11.6 Å². The van der Waals surface area contributed by atoms with E-state index in [1.807, 2.05) is 14.0 Å². The van der Waals surface area contributed by atoms with Crippen LogP contribution in [0.15, 0.2) is 24.4 Å². The molecule has 0 fully saturated rings. The van der Waals surface area contributed by atoms with E-state index in [1.54, 1.807) is 29.1 Å². The van der Waals surface area contributed by atoms with E-state index in [4.69, 9.17) is 16.3 Å². The minimum atomic E-state index is -0.269. The van der Waals surface area contributed by atoms with Gasteiger partial charge in [0.05, 0.1) is 18.2 Å². The zero-order valence-electron chi connectivity index (χ0n) is 10.7. The molecule has 98 valence electrons. The highest BCUT2D eigenvalue weighted by molar-refractivity contribution is 6.31. The highest BCUT2D eigenvalue weighted by atomic mass is 35.5. The van der Waals surface area contributed by atoms with E-state index >= 15 is 0 Å². The van der Waals surface area contributed by atoms with Crippen molar-refractivity contribution in [2.45, 2.75) is 19.4 Å². The van der Waals surface area contributed by atoms with Crippen molar-refractivity contribution in [2.24, 2.45) is 7.05 Å². The summed E-state index contributed by atoms with van der Waals surface area (Å²) in [6.07, 6.45) is 1.81. The summed E-state index contributed by atoms with van der Waals surface area (Å²) >= 11 is 5.90. The molecule has 1 unspecified atom stereocenters. The third-order valence-electron chi connectivity index (χ3n) is 3.50. The first kappa shape index (κ1) is 12.2. The van der Waals surface area contributed by atoms with Gasteiger partial charge in [-0.25, -0.2) is 0 Å². The molecule has 5 heteroatoms. The van der Waals surface area contributed by atoms with Crippen LogP contribution in [-0.2, 0) is 7.05 Å². The van der Waals surface area contributed by atoms with Gasteiger partial charge in [-0.15, -0.1) is 0 Å². The number of carbonyl (C=O) groups is 1. The van der Waals surface area contributed by atoms with Gasteiger partial charge in [0, 0.05) is 23.3 Å². The number of rotatable bonds is 1. The smallest absolute Gasteiger partial charge is 0.170 e. The zero-order valence-corrected chi connectivity index (χ0v) is 11.4. The molecule has 1 aliphatic rings. The van der Waals surface area contributed by atoms with Crippen molar-refractivity contribution in [3.8, 4) is 5.75 Å². The minimum Gasteiger partial charge on any atom is -0.484 e. The van der Waals surface area contributed by atoms with Crippen LogP contribution < -0.4 is 4.74 Å². The molecule has 1 aliphatic heterocycles. The van der Waals surface area contributed by atoms with Gasteiger partial charge >= 0.3 is 0 Å². The predicted octanol–water partition coefficient (Wildman–Crippen LogP) is 3.09. The first-order valence-electron chi connectivity index (χ1n) is 6.04. The normalized spacial score (nSPS) is 18.1. The Labute approximate surface area is 115 Å². The number of ether oxygens (including phenoxy) is 1. The van der Waals surface area contributed by atoms with Gasteiger partial charge in [-0.3, -0.25) is 9.48 Å². The Balaban J connectivity index is 1.99. The summed E-state index contributed by atoms with van der Waals surface area (Å²) in [5.41, 5.74) is 2.52. The summed E-state index contributed by atoms with van der Waals surface area (Å²) in [5, 5.41) is 4.74. The summed E-state index contributed by atoms with van der Waals surface area (Å²) in [6.45, 7) is 1.97. The average molecular weight is 277 g/mol. The lowest BCUT2D eigenvalue weighted by molar-refractivity contribution is 0.0849. The molecule has 0 N–H and O–H groups in total. The van der Waals surface area contributed by atoms with Crippen molar-refractivity contribution in [1.82, 2.24) is 9.78 Å².